The number of rotatable bonds is 3. The van der Waals surface area contributed by atoms with Crippen LogP contribution in [0.4, 0.5) is 17.3 Å². The molecule has 4 aromatic rings. The lowest BCUT2D eigenvalue weighted by atomic mass is 10.2. The van der Waals surface area contributed by atoms with Crippen LogP contribution in [0.25, 0.3) is 22.4 Å². The summed E-state index contributed by atoms with van der Waals surface area (Å²) in [5, 5.41) is 16.6. The van der Waals surface area contributed by atoms with Crippen LogP contribution >= 0.6 is 0 Å². The average molecular weight is 292 g/mol. The van der Waals surface area contributed by atoms with Gasteiger partial charge in [0.05, 0.1) is 11.0 Å². The highest BCUT2D eigenvalue weighted by Gasteiger charge is 2.06. The van der Waals surface area contributed by atoms with Crippen molar-refractivity contribution in [3.05, 3.63) is 42.5 Å². The number of aromatic nitrogens is 6. The number of fused-ring (bicyclic) bond motifs is 1. The molecule has 2 aromatic carbocycles. The maximum atomic E-state index is 5.78. The third-order valence-electron chi connectivity index (χ3n) is 3.27. The van der Waals surface area contributed by atoms with Crippen molar-refractivity contribution in [3.63, 3.8) is 0 Å². The molecule has 5 N–H and O–H groups in total. The number of hydrogen-bond acceptors (Lipinski definition) is 6. The normalized spacial score (nSPS) is 10.9. The minimum Gasteiger partial charge on any atom is -0.399 e. The summed E-state index contributed by atoms with van der Waals surface area (Å²) in [5.41, 5.74) is 10.1. The first-order chi connectivity index (χ1) is 10.8. The van der Waals surface area contributed by atoms with Crippen molar-refractivity contribution in [1.29, 1.82) is 0 Å². The minimum atomic E-state index is 0.423. The van der Waals surface area contributed by atoms with E-state index in [1.807, 2.05) is 42.5 Å². The molecule has 108 valence electrons. The highest BCUT2D eigenvalue weighted by atomic mass is 15.5. The first-order valence-electron chi connectivity index (χ1n) is 6.64. The van der Waals surface area contributed by atoms with Crippen molar-refractivity contribution >= 4 is 28.4 Å². The third-order valence-corrected chi connectivity index (χ3v) is 3.27. The average Bonchev–Trinajstić information content (AvgIpc) is 3.17. The second-order valence-electron chi connectivity index (χ2n) is 4.80. The summed E-state index contributed by atoms with van der Waals surface area (Å²) >= 11 is 0. The SMILES string of the molecule is Nc1ccc2nc(-c3ccc(Nc4nn[nH]n4)cc3)[nH]c2c1. The van der Waals surface area contributed by atoms with Crippen LogP contribution in [0, 0.1) is 0 Å². The number of nitrogens with two attached hydrogens (primary N) is 1. The molecule has 0 spiro atoms. The van der Waals surface area contributed by atoms with Gasteiger partial charge in [0.1, 0.15) is 5.82 Å². The minimum absolute atomic E-state index is 0.423. The lowest BCUT2D eigenvalue weighted by Crippen LogP contribution is -1.92. The molecule has 2 heterocycles. The fourth-order valence-electron chi connectivity index (χ4n) is 2.22. The largest absolute Gasteiger partial charge is 0.399 e. The Labute approximate surface area is 124 Å². The molecule has 8 nitrogen and oxygen atoms in total. The lowest BCUT2D eigenvalue weighted by molar-refractivity contribution is 0.881. The Morgan fingerprint density at radius 2 is 1.91 bits per heavy atom. The number of H-pyrrole nitrogens is 2. The second kappa shape index (κ2) is 4.85. The number of nitrogens with one attached hydrogen (secondary N) is 3. The Balaban J connectivity index is 1.63. The Bertz CT molecular complexity index is 908. The van der Waals surface area contributed by atoms with E-state index in [4.69, 9.17) is 5.73 Å². The second-order valence-corrected chi connectivity index (χ2v) is 4.80. The number of benzene rings is 2. The summed E-state index contributed by atoms with van der Waals surface area (Å²) in [6.45, 7) is 0. The van der Waals surface area contributed by atoms with Crippen molar-refractivity contribution in [2.45, 2.75) is 0 Å². The zero-order valence-corrected chi connectivity index (χ0v) is 11.4. The van der Waals surface area contributed by atoms with Gasteiger partial charge in [-0.25, -0.2) is 4.98 Å². The topological polar surface area (TPSA) is 121 Å². The first-order valence-corrected chi connectivity index (χ1v) is 6.64. The maximum absolute atomic E-state index is 5.78. The molecular weight excluding hydrogens is 280 g/mol. The summed E-state index contributed by atoms with van der Waals surface area (Å²) in [6.07, 6.45) is 0. The van der Waals surface area contributed by atoms with Gasteiger partial charge < -0.3 is 16.0 Å². The quantitative estimate of drug-likeness (QED) is 0.429. The smallest absolute Gasteiger partial charge is 0.267 e. The van der Waals surface area contributed by atoms with Crippen LogP contribution in [0.15, 0.2) is 42.5 Å². The van der Waals surface area contributed by atoms with Crippen LogP contribution < -0.4 is 11.1 Å². The van der Waals surface area contributed by atoms with Crippen LogP contribution in [-0.4, -0.2) is 30.6 Å². The van der Waals surface area contributed by atoms with Gasteiger partial charge in [-0.15, -0.1) is 5.10 Å². The van der Waals surface area contributed by atoms with Crippen LogP contribution in [0.5, 0.6) is 0 Å². The highest BCUT2D eigenvalue weighted by molar-refractivity contribution is 5.82. The van der Waals surface area contributed by atoms with Gasteiger partial charge in [-0.1, -0.05) is 5.10 Å². The monoisotopic (exact) mass is 292 g/mol. The van der Waals surface area contributed by atoms with E-state index >= 15 is 0 Å². The summed E-state index contributed by atoms with van der Waals surface area (Å²) in [5.74, 6) is 1.22. The molecule has 2 aromatic heterocycles. The van der Waals surface area contributed by atoms with Crippen molar-refractivity contribution in [3.8, 4) is 11.4 Å². The van der Waals surface area contributed by atoms with Gasteiger partial charge in [-0.2, -0.15) is 5.21 Å². The Kier molecular flexibility index (Phi) is 2.72. The van der Waals surface area contributed by atoms with Gasteiger partial charge >= 0.3 is 0 Å². The molecule has 8 heteroatoms. The molecule has 0 radical (unpaired) electrons. The fraction of sp³-hybridized carbons (Fsp3) is 0. The zero-order chi connectivity index (χ0) is 14.9. The molecule has 0 bridgehead atoms. The van der Waals surface area contributed by atoms with Gasteiger partial charge in [0.25, 0.3) is 5.95 Å². The first kappa shape index (κ1) is 12.3. The molecule has 0 fully saturated rings. The molecule has 0 aliphatic heterocycles. The molecule has 0 saturated carbocycles. The molecule has 0 aliphatic carbocycles. The van der Waals surface area contributed by atoms with E-state index in [9.17, 15) is 0 Å². The van der Waals surface area contributed by atoms with Gasteiger partial charge in [-0.3, -0.25) is 0 Å². The molecule has 22 heavy (non-hydrogen) atoms. The van der Waals surface area contributed by atoms with Gasteiger partial charge in [-0.05, 0) is 47.7 Å². The van der Waals surface area contributed by atoms with Crippen LogP contribution in [0.3, 0.4) is 0 Å². The summed E-state index contributed by atoms with van der Waals surface area (Å²) < 4.78 is 0. The summed E-state index contributed by atoms with van der Waals surface area (Å²) in [4.78, 5) is 7.82. The Morgan fingerprint density at radius 3 is 2.68 bits per heavy atom. The Morgan fingerprint density at radius 1 is 1.05 bits per heavy atom. The molecule has 0 amide bonds. The zero-order valence-electron chi connectivity index (χ0n) is 11.4. The van der Waals surface area contributed by atoms with Crippen molar-refractivity contribution in [2.75, 3.05) is 11.1 Å². The number of nitrogens with zero attached hydrogens (tertiary/aromatic N) is 4. The van der Waals surface area contributed by atoms with Crippen LogP contribution in [-0.2, 0) is 0 Å². The van der Waals surface area contributed by atoms with E-state index in [1.54, 1.807) is 0 Å². The summed E-state index contributed by atoms with van der Waals surface area (Å²) in [7, 11) is 0. The van der Waals surface area contributed by atoms with Gasteiger partial charge in [0, 0.05) is 16.9 Å². The van der Waals surface area contributed by atoms with Gasteiger partial charge in [0.2, 0.25) is 0 Å². The standard InChI is InChI=1S/C14H12N8/c15-9-3-6-11-12(7-9)18-13(17-11)8-1-4-10(5-2-8)16-14-19-21-22-20-14/h1-7H,15H2,(H,17,18)(H2,16,19,20,21,22). The molecule has 0 aliphatic rings. The number of aromatic amines is 2. The third kappa shape index (κ3) is 2.22. The lowest BCUT2D eigenvalue weighted by Gasteiger charge is -2.02. The summed E-state index contributed by atoms with van der Waals surface area (Å²) in [6, 6.07) is 13.4. The number of imidazole rings is 1. The highest BCUT2D eigenvalue weighted by Crippen LogP contribution is 2.23. The van der Waals surface area contributed by atoms with E-state index in [1.165, 1.54) is 0 Å². The van der Waals surface area contributed by atoms with E-state index in [2.05, 4.69) is 35.9 Å². The van der Waals surface area contributed by atoms with E-state index < -0.39 is 0 Å². The molecule has 0 saturated heterocycles. The Hall–Kier alpha value is -3.42. The molecule has 0 atom stereocenters. The maximum Gasteiger partial charge on any atom is 0.267 e. The van der Waals surface area contributed by atoms with E-state index in [0.717, 1.165) is 28.1 Å². The number of nitrogen functional groups attached to an aromatic ring is 1. The van der Waals surface area contributed by atoms with Crippen LogP contribution in [0.1, 0.15) is 0 Å². The predicted octanol–water partition coefficient (Wildman–Crippen LogP) is 2.07. The molecule has 4 rings (SSSR count). The number of tetrazole rings is 1. The fourth-order valence-corrected chi connectivity index (χ4v) is 2.22. The van der Waals surface area contributed by atoms with Gasteiger partial charge in [0.15, 0.2) is 0 Å². The molecule has 0 unspecified atom stereocenters. The van der Waals surface area contributed by atoms with Crippen LogP contribution in [0.2, 0.25) is 0 Å². The van der Waals surface area contributed by atoms with Crippen molar-refractivity contribution in [2.24, 2.45) is 0 Å². The van der Waals surface area contributed by atoms with Crippen molar-refractivity contribution < 1.29 is 0 Å². The predicted molar refractivity (Wildman–Crippen MR) is 83.4 cm³/mol. The van der Waals surface area contributed by atoms with Crippen molar-refractivity contribution in [1.82, 2.24) is 30.6 Å². The molecular formula is C14H12N8. The number of anilines is 3. The number of hydrogen-bond donors (Lipinski definition) is 4. The van der Waals surface area contributed by atoms with E-state index in [-0.39, 0.29) is 0 Å². The van der Waals surface area contributed by atoms with E-state index in [0.29, 0.717) is 11.6 Å².